The predicted molar refractivity (Wildman–Crippen MR) is 120 cm³/mol. The largest absolute Gasteiger partial charge is 0.486 e. The number of ether oxygens (including phenoxy) is 2. The predicted octanol–water partition coefficient (Wildman–Crippen LogP) is 1.98. The van der Waals surface area contributed by atoms with Gasteiger partial charge in [0.05, 0.1) is 18.8 Å². The van der Waals surface area contributed by atoms with Gasteiger partial charge in [0.25, 0.3) is 0 Å². The van der Waals surface area contributed by atoms with Gasteiger partial charge in [-0.2, -0.15) is 12.7 Å². The summed E-state index contributed by atoms with van der Waals surface area (Å²) in [6.07, 6.45) is 2.66. The second kappa shape index (κ2) is 8.39. The number of nitrogens with one attached hydrogen (secondary N) is 1. The van der Waals surface area contributed by atoms with Crippen molar-refractivity contribution in [2.45, 2.75) is 44.4 Å². The molecule has 5 atom stereocenters. The maximum atomic E-state index is 12.9. The molecule has 3 heterocycles. The van der Waals surface area contributed by atoms with Gasteiger partial charge < -0.3 is 19.3 Å². The molecule has 9 nitrogen and oxygen atoms in total. The van der Waals surface area contributed by atoms with E-state index in [0.717, 1.165) is 25.8 Å². The van der Waals surface area contributed by atoms with Crippen LogP contribution in [0.2, 0.25) is 0 Å². The SMILES string of the molecule is CO[C@@H]1CN(C(=O)N2CCCC2C)C[C@H]1Oc1cccc(NS(=O)(=O)N2CC3CC3C2)c1. The number of rotatable bonds is 6. The molecule has 1 aromatic carbocycles. The van der Waals surface area contributed by atoms with Crippen LogP contribution in [0.15, 0.2) is 24.3 Å². The Labute approximate surface area is 189 Å². The molecule has 176 valence electrons. The molecule has 1 N–H and O–H groups in total. The molecule has 2 amide bonds. The number of hydrogen-bond donors (Lipinski definition) is 1. The van der Waals surface area contributed by atoms with Crippen molar-refractivity contribution in [2.75, 3.05) is 44.6 Å². The normalized spacial score (nSPS) is 32.2. The van der Waals surface area contributed by atoms with Crippen LogP contribution in [0.4, 0.5) is 10.5 Å². The van der Waals surface area contributed by atoms with Gasteiger partial charge in [-0.15, -0.1) is 0 Å². The van der Waals surface area contributed by atoms with Crippen LogP contribution in [0.1, 0.15) is 26.2 Å². The fourth-order valence-electron chi connectivity index (χ4n) is 5.21. The highest BCUT2D eigenvalue weighted by Gasteiger charge is 2.48. The zero-order valence-corrected chi connectivity index (χ0v) is 19.5. The molecule has 0 radical (unpaired) electrons. The minimum Gasteiger partial charge on any atom is -0.486 e. The summed E-state index contributed by atoms with van der Waals surface area (Å²) in [5, 5.41) is 0. The number of methoxy groups -OCH3 is 1. The number of carbonyl (C=O) groups excluding carboxylic acids is 1. The lowest BCUT2D eigenvalue weighted by atomic mass is 10.2. The van der Waals surface area contributed by atoms with Crippen molar-refractivity contribution in [2.24, 2.45) is 11.8 Å². The van der Waals surface area contributed by atoms with Crippen molar-refractivity contribution < 1.29 is 22.7 Å². The van der Waals surface area contributed by atoms with E-state index in [2.05, 4.69) is 11.6 Å². The molecule has 4 aliphatic rings. The number of likely N-dealkylation sites (tertiary alicyclic amines) is 2. The Kier molecular flexibility index (Phi) is 5.71. The van der Waals surface area contributed by atoms with Crippen molar-refractivity contribution in [3.8, 4) is 5.75 Å². The lowest BCUT2D eigenvalue weighted by molar-refractivity contribution is 0.0342. The fourth-order valence-corrected chi connectivity index (χ4v) is 6.54. The second-order valence-electron chi connectivity index (χ2n) is 9.51. The molecule has 5 rings (SSSR count). The number of hydrogen-bond acceptors (Lipinski definition) is 5. The number of urea groups is 1. The Morgan fingerprint density at radius 3 is 2.56 bits per heavy atom. The lowest BCUT2D eigenvalue weighted by Gasteiger charge is -2.27. The van der Waals surface area contributed by atoms with Crippen LogP contribution in [0, 0.1) is 11.8 Å². The zero-order chi connectivity index (χ0) is 22.5. The Bertz CT molecular complexity index is 963. The molecule has 1 aromatic rings. The van der Waals surface area contributed by atoms with Gasteiger partial charge in [0.2, 0.25) is 0 Å². The first-order valence-corrected chi connectivity index (χ1v) is 12.9. The Morgan fingerprint density at radius 1 is 1.12 bits per heavy atom. The third-order valence-electron chi connectivity index (χ3n) is 7.24. The molecule has 32 heavy (non-hydrogen) atoms. The first-order chi connectivity index (χ1) is 15.3. The average molecular weight is 465 g/mol. The highest BCUT2D eigenvalue weighted by atomic mass is 32.2. The molecule has 10 heteroatoms. The van der Waals surface area contributed by atoms with Crippen LogP contribution in [-0.4, -0.2) is 86.6 Å². The van der Waals surface area contributed by atoms with E-state index in [-0.39, 0.29) is 24.3 Å². The summed E-state index contributed by atoms with van der Waals surface area (Å²) >= 11 is 0. The number of nitrogens with zero attached hydrogens (tertiary/aromatic N) is 3. The first kappa shape index (κ1) is 21.8. The number of fused-ring (bicyclic) bond motifs is 1. The van der Waals surface area contributed by atoms with E-state index in [4.69, 9.17) is 9.47 Å². The van der Waals surface area contributed by atoms with Crippen LogP contribution < -0.4 is 9.46 Å². The molecule has 0 spiro atoms. The summed E-state index contributed by atoms with van der Waals surface area (Å²) in [5.74, 6) is 1.61. The van der Waals surface area contributed by atoms with Crippen LogP contribution in [0.25, 0.3) is 0 Å². The molecule has 3 saturated heterocycles. The van der Waals surface area contributed by atoms with Gasteiger partial charge in [0.1, 0.15) is 18.0 Å². The molecule has 3 aliphatic heterocycles. The van der Waals surface area contributed by atoms with Crippen molar-refractivity contribution in [3.05, 3.63) is 24.3 Å². The van der Waals surface area contributed by atoms with Crippen LogP contribution in [0.3, 0.4) is 0 Å². The molecular formula is C22H32N4O5S. The number of anilines is 1. The summed E-state index contributed by atoms with van der Waals surface area (Å²) in [6.45, 7) is 5.00. The highest BCUT2D eigenvalue weighted by molar-refractivity contribution is 7.90. The van der Waals surface area contributed by atoms with Gasteiger partial charge in [-0.3, -0.25) is 4.72 Å². The van der Waals surface area contributed by atoms with Crippen LogP contribution >= 0.6 is 0 Å². The maximum Gasteiger partial charge on any atom is 0.320 e. The second-order valence-corrected chi connectivity index (χ2v) is 11.2. The molecular weight excluding hydrogens is 432 g/mol. The zero-order valence-electron chi connectivity index (χ0n) is 18.6. The molecule has 1 saturated carbocycles. The van der Waals surface area contributed by atoms with Gasteiger partial charge >= 0.3 is 16.2 Å². The quantitative estimate of drug-likeness (QED) is 0.695. The summed E-state index contributed by atoms with van der Waals surface area (Å²) < 4.78 is 41.4. The Morgan fingerprint density at radius 2 is 1.88 bits per heavy atom. The van der Waals surface area contributed by atoms with Crippen LogP contribution in [0.5, 0.6) is 5.75 Å². The van der Waals surface area contributed by atoms with Gasteiger partial charge in [0.15, 0.2) is 0 Å². The van der Waals surface area contributed by atoms with Gasteiger partial charge in [0, 0.05) is 38.9 Å². The van der Waals surface area contributed by atoms with Crippen molar-refractivity contribution in [3.63, 3.8) is 0 Å². The van der Waals surface area contributed by atoms with E-state index in [1.54, 1.807) is 36.3 Å². The standard InChI is InChI=1S/C22H32N4O5S/c1-15-5-4-8-26(15)22(27)24-13-20(30-2)21(14-24)31-19-7-3-6-18(10-19)23-32(28,29)25-11-16-9-17(16)12-25/h3,6-7,10,15-17,20-21,23H,4-5,8-9,11-14H2,1-2H3/t15?,16?,17?,20-,21-/m1/s1. The fraction of sp³-hybridized carbons (Fsp3) is 0.682. The average Bonchev–Trinajstić information content (AvgIpc) is 3.12. The first-order valence-electron chi connectivity index (χ1n) is 11.5. The number of amides is 2. The van der Waals surface area contributed by atoms with E-state index in [9.17, 15) is 13.2 Å². The molecule has 3 unspecified atom stereocenters. The Balaban J connectivity index is 1.23. The molecule has 0 aromatic heterocycles. The summed E-state index contributed by atoms with van der Waals surface area (Å²) in [6, 6.07) is 7.26. The van der Waals surface area contributed by atoms with E-state index >= 15 is 0 Å². The van der Waals surface area contributed by atoms with Gasteiger partial charge in [-0.1, -0.05) is 6.07 Å². The van der Waals surface area contributed by atoms with E-state index in [0.29, 0.717) is 49.5 Å². The van der Waals surface area contributed by atoms with E-state index < -0.39 is 10.2 Å². The van der Waals surface area contributed by atoms with Crippen LogP contribution in [-0.2, 0) is 14.9 Å². The van der Waals surface area contributed by atoms with Crippen molar-refractivity contribution in [1.82, 2.24) is 14.1 Å². The summed E-state index contributed by atoms with van der Waals surface area (Å²) in [7, 11) is -1.94. The molecule has 0 bridgehead atoms. The highest BCUT2D eigenvalue weighted by Crippen LogP contribution is 2.45. The maximum absolute atomic E-state index is 12.9. The topological polar surface area (TPSA) is 91.4 Å². The third kappa shape index (κ3) is 4.27. The third-order valence-corrected chi connectivity index (χ3v) is 8.71. The van der Waals surface area contributed by atoms with Crippen molar-refractivity contribution >= 4 is 21.9 Å². The van der Waals surface area contributed by atoms with Crippen molar-refractivity contribution in [1.29, 1.82) is 0 Å². The monoisotopic (exact) mass is 464 g/mol. The minimum atomic E-state index is -3.57. The summed E-state index contributed by atoms with van der Waals surface area (Å²) in [4.78, 5) is 16.7. The number of carbonyl (C=O) groups is 1. The minimum absolute atomic E-state index is 0.0355. The summed E-state index contributed by atoms with van der Waals surface area (Å²) in [5.41, 5.74) is 0.467. The van der Waals surface area contributed by atoms with Gasteiger partial charge in [-0.05, 0) is 50.2 Å². The lowest BCUT2D eigenvalue weighted by Crippen LogP contribution is -2.44. The van der Waals surface area contributed by atoms with E-state index in [1.165, 1.54) is 4.31 Å². The van der Waals surface area contributed by atoms with Gasteiger partial charge in [-0.25, -0.2) is 4.79 Å². The molecule has 4 fully saturated rings. The molecule has 1 aliphatic carbocycles. The number of benzene rings is 1. The Hall–Kier alpha value is -2.04. The number of piperidine rings is 1. The smallest absolute Gasteiger partial charge is 0.320 e. The van der Waals surface area contributed by atoms with E-state index in [1.807, 2.05) is 4.90 Å².